The molecule has 1 saturated heterocycles. The molecule has 0 radical (unpaired) electrons. The maximum Gasteiger partial charge on any atom is 0.416 e. The Hall–Kier alpha value is -2.82. The number of nitrogens with zero attached hydrogens (tertiary/aromatic N) is 2. The van der Waals surface area contributed by atoms with Gasteiger partial charge in [0.15, 0.2) is 10.3 Å². The Bertz CT molecular complexity index is 1320. The van der Waals surface area contributed by atoms with Crippen LogP contribution in [-0.4, -0.2) is 34.6 Å². The second kappa shape index (κ2) is 11.7. The molecule has 4 rings (SSSR count). The zero-order valence-electron chi connectivity index (χ0n) is 19.6. The molecule has 194 valence electrons. The summed E-state index contributed by atoms with van der Waals surface area (Å²) in [5.74, 6) is 0.794. The molecule has 1 aliphatic heterocycles. The molecule has 0 aromatic heterocycles. The van der Waals surface area contributed by atoms with E-state index < -0.39 is 17.8 Å². The Balaban J connectivity index is 1.65. The first-order valence-corrected chi connectivity index (χ1v) is 13.0. The molecule has 1 unspecified atom stereocenters. The normalized spacial score (nSPS) is 15.6. The molecule has 3 aromatic carbocycles. The summed E-state index contributed by atoms with van der Waals surface area (Å²) in [5.41, 5.74) is 0.906. The largest absolute Gasteiger partial charge is 0.495 e. The molecule has 37 heavy (non-hydrogen) atoms. The summed E-state index contributed by atoms with van der Waals surface area (Å²) < 4.78 is 58.9. The number of rotatable bonds is 6. The minimum absolute atomic E-state index is 0.226. The van der Waals surface area contributed by atoms with Crippen molar-refractivity contribution in [3.05, 3.63) is 94.3 Å². The van der Waals surface area contributed by atoms with Crippen molar-refractivity contribution < 1.29 is 22.3 Å². The van der Waals surface area contributed by atoms with E-state index in [1.807, 2.05) is 12.1 Å². The maximum atomic E-state index is 13.9. The molecule has 4 nitrogen and oxygen atoms in total. The van der Waals surface area contributed by atoms with Crippen LogP contribution >= 0.6 is 35.6 Å². The summed E-state index contributed by atoms with van der Waals surface area (Å²) in [6.45, 7) is 0.521. The number of aliphatic imine (C=N–C) groups is 1. The van der Waals surface area contributed by atoms with Crippen LogP contribution in [0.2, 0.25) is 5.02 Å². The Morgan fingerprint density at radius 1 is 1.16 bits per heavy atom. The number of anilines is 1. The van der Waals surface area contributed by atoms with E-state index in [-0.39, 0.29) is 16.6 Å². The van der Waals surface area contributed by atoms with Crippen molar-refractivity contribution >= 4 is 51.5 Å². The van der Waals surface area contributed by atoms with Crippen LogP contribution in [0, 0.1) is 5.82 Å². The van der Waals surface area contributed by atoms with Crippen molar-refractivity contribution in [2.45, 2.75) is 18.6 Å². The van der Waals surface area contributed by atoms with Gasteiger partial charge in [-0.05, 0) is 60.6 Å². The van der Waals surface area contributed by atoms with Gasteiger partial charge >= 0.3 is 6.18 Å². The molecule has 1 N–H and O–H groups in total. The summed E-state index contributed by atoms with van der Waals surface area (Å²) in [5, 5.41) is 4.13. The lowest BCUT2D eigenvalue weighted by Crippen LogP contribution is -2.35. The van der Waals surface area contributed by atoms with Crippen molar-refractivity contribution in [2.75, 3.05) is 24.7 Å². The number of thioether (sulfide) groups is 1. The van der Waals surface area contributed by atoms with E-state index >= 15 is 0 Å². The fraction of sp³-hybridized carbons (Fsp3) is 0.231. The fourth-order valence-corrected chi connectivity index (χ4v) is 5.52. The van der Waals surface area contributed by atoms with Gasteiger partial charge in [0.1, 0.15) is 11.6 Å². The number of hydrogen-bond acceptors (Lipinski definition) is 4. The van der Waals surface area contributed by atoms with Gasteiger partial charge in [0.05, 0.1) is 23.7 Å². The number of thiocarbonyl (C=S) groups is 1. The zero-order valence-corrected chi connectivity index (χ0v) is 21.9. The summed E-state index contributed by atoms with van der Waals surface area (Å²) in [4.78, 5) is 6.70. The molecular weight excluding hydrogens is 546 g/mol. The number of amidine groups is 1. The fourth-order valence-electron chi connectivity index (χ4n) is 3.91. The SMILES string of the molecule is COc1c(Cl)cccc1C(Cc1cccc(F)c1)N=C1SCCN1C(=S)Nc1cccc(C(F)(F)F)c1. The number of hydrogen-bond donors (Lipinski definition) is 1. The highest BCUT2D eigenvalue weighted by Crippen LogP contribution is 2.37. The Labute approximate surface area is 226 Å². The number of para-hydroxylation sites is 1. The molecule has 1 aliphatic rings. The van der Waals surface area contributed by atoms with Crippen LogP contribution in [0.5, 0.6) is 5.75 Å². The molecule has 1 heterocycles. The van der Waals surface area contributed by atoms with Gasteiger partial charge in [-0.1, -0.05) is 53.7 Å². The zero-order chi connectivity index (χ0) is 26.6. The quantitative estimate of drug-likeness (QED) is 0.245. The monoisotopic (exact) mass is 567 g/mol. The Kier molecular flexibility index (Phi) is 8.61. The van der Waals surface area contributed by atoms with Crippen LogP contribution in [0.1, 0.15) is 22.7 Å². The average Bonchev–Trinajstić information content (AvgIpc) is 3.31. The first kappa shape index (κ1) is 27.2. The molecule has 0 bridgehead atoms. The molecule has 1 fully saturated rings. The highest BCUT2D eigenvalue weighted by atomic mass is 35.5. The summed E-state index contributed by atoms with van der Waals surface area (Å²) in [6.07, 6.45) is -4.10. The third-order valence-electron chi connectivity index (χ3n) is 5.61. The minimum Gasteiger partial charge on any atom is -0.495 e. The van der Waals surface area contributed by atoms with Crippen LogP contribution in [0.4, 0.5) is 23.2 Å². The molecule has 11 heteroatoms. The third kappa shape index (κ3) is 6.74. The second-order valence-corrected chi connectivity index (χ2v) is 9.99. The third-order valence-corrected chi connectivity index (χ3v) is 7.20. The van der Waals surface area contributed by atoms with E-state index in [4.69, 9.17) is 33.5 Å². The smallest absolute Gasteiger partial charge is 0.416 e. The average molecular weight is 568 g/mol. The predicted molar refractivity (Wildman–Crippen MR) is 145 cm³/mol. The van der Waals surface area contributed by atoms with Gasteiger partial charge < -0.3 is 10.1 Å². The first-order chi connectivity index (χ1) is 17.7. The number of alkyl halides is 3. The Morgan fingerprint density at radius 3 is 2.65 bits per heavy atom. The molecule has 0 saturated carbocycles. The minimum atomic E-state index is -4.46. The molecule has 1 atom stereocenters. The molecule has 0 aliphatic carbocycles. The van der Waals surface area contributed by atoms with Crippen LogP contribution in [-0.2, 0) is 12.6 Å². The second-order valence-electron chi connectivity index (χ2n) is 8.13. The predicted octanol–water partition coefficient (Wildman–Crippen LogP) is 7.59. The van der Waals surface area contributed by atoms with Crippen molar-refractivity contribution in [3.8, 4) is 5.75 Å². The Morgan fingerprint density at radius 2 is 1.92 bits per heavy atom. The standard InChI is InChI=1S/C26H22ClF4N3OS2/c1-35-23-20(9-4-10-21(23)27)22(14-16-5-2-7-18(28)13-16)33-25-34(11-12-37-25)24(36)32-19-8-3-6-17(15-19)26(29,30)31/h2-10,13,15,22H,11-12,14H2,1H3,(H,32,36). The number of ether oxygens (including phenoxy) is 1. The van der Waals surface area contributed by atoms with Gasteiger partial charge in [-0.2, -0.15) is 13.2 Å². The number of methoxy groups -OCH3 is 1. The number of nitrogens with one attached hydrogen (secondary N) is 1. The van der Waals surface area contributed by atoms with Crippen LogP contribution in [0.25, 0.3) is 0 Å². The van der Waals surface area contributed by atoms with Gasteiger partial charge in [0.2, 0.25) is 0 Å². The van der Waals surface area contributed by atoms with Gasteiger partial charge in [-0.25, -0.2) is 4.39 Å². The van der Waals surface area contributed by atoms with Crippen molar-refractivity contribution in [1.82, 2.24) is 4.90 Å². The highest BCUT2D eigenvalue weighted by molar-refractivity contribution is 8.14. The maximum absolute atomic E-state index is 13.9. The van der Waals surface area contributed by atoms with Crippen molar-refractivity contribution in [2.24, 2.45) is 4.99 Å². The van der Waals surface area contributed by atoms with E-state index in [9.17, 15) is 17.6 Å². The molecular formula is C26H22ClF4N3OS2. The van der Waals surface area contributed by atoms with Gasteiger partial charge in [0.25, 0.3) is 0 Å². The van der Waals surface area contributed by atoms with Gasteiger partial charge in [-0.15, -0.1) is 0 Å². The van der Waals surface area contributed by atoms with Crippen molar-refractivity contribution in [3.63, 3.8) is 0 Å². The summed E-state index contributed by atoms with van der Waals surface area (Å²) in [6, 6.07) is 16.0. The number of halogens is 5. The highest BCUT2D eigenvalue weighted by Gasteiger charge is 2.31. The van der Waals surface area contributed by atoms with Crippen LogP contribution in [0.3, 0.4) is 0 Å². The summed E-state index contributed by atoms with van der Waals surface area (Å²) >= 11 is 13.4. The van der Waals surface area contributed by atoms with Gasteiger partial charge in [0, 0.05) is 23.5 Å². The first-order valence-electron chi connectivity index (χ1n) is 11.2. The number of benzene rings is 3. The van der Waals surface area contributed by atoms with E-state index in [0.717, 1.165) is 23.3 Å². The van der Waals surface area contributed by atoms with E-state index in [0.29, 0.717) is 34.7 Å². The van der Waals surface area contributed by atoms with E-state index in [2.05, 4.69) is 5.32 Å². The lowest BCUT2D eigenvalue weighted by molar-refractivity contribution is -0.137. The summed E-state index contributed by atoms with van der Waals surface area (Å²) in [7, 11) is 1.52. The molecule has 0 spiro atoms. The van der Waals surface area contributed by atoms with Crippen LogP contribution < -0.4 is 10.1 Å². The molecule has 0 amide bonds. The van der Waals surface area contributed by atoms with Gasteiger partial charge in [-0.3, -0.25) is 9.89 Å². The molecule has 3 aromatic rings. The lowest BCUT2D eigenvalue weighted by Gasteiger charge is -2.23. The van der Waals surface area contributed by atoms with E-state index in [1.54, 1.807) is 23.1 Å². The topological polar surface area (TPSA) is 36.9 Å². The van der Waals surface area contributed by atoms with E-state index in [1.165, 1.54) is 43.1 Å². The van der Waals surface area contributed by atoms with Crippen LogP contribution in [0.15, 0.2) is 71.7 Å². The lowest BCUT2D eigenvalue weighted by atomic mass is 9.98. The van der Waals surface area contributed by atoms with Crippen molar-refractivity contribution in [1.29, 1.82) is 0 Å².